The molecule has 1 aromatic carbocycles. The molecule has 0 aliphatic heterocycles. The number of anilines is 1. The summed E-state index contributed by atoms with van der Waals surface area (Å²) >= 11 is 0. The molecule has 2 N–H and O–H groups in total. The minimum Gasteiger partial charge on any atom is -0.383 e. The first-order chi connectivity index (χ1) is 11.2. The molecule has 0 spiro atoms. The normalized spacial score (nSPS) is 16.2. The fourth-order valence-electron chi connectivity index (χ4n) is 2.67. The molecule has 0 aromatic heterocycles. The van der Waals surface area contributed by atoms with Crippen molar-refractivity contribution in [2.75, 3.05) is 18.4 Å². The molecule has 2 rings (SSSR count). The lowest BCUT2D eigenvalue weighted by Gasteiger charge is -2.41. The van der Waals surface area contributed by atoms with Gasteiger partial charge in [0.1, 0.15) is 5.60 Å². The molecule has 1 aromatic rings. The van der Waals surface area contributed by atoms with E-state index in [2.05, 4.69) is 5.32 Å². The number of alkyl halides is 2. The molecule has 132 valence electrons. The van der Waals surface area contributed by atoms with Gasteiger partial charge < -0.3 is 15.3 Å². The molecule has 0 heterocycles. The van der Waals surface area contributed by atoms with Crippen LogP contribution in [0.15, 0.2) is 24.3 Å². The van der Waals surface area contributed by atoms with Gasteiger partial charge in [0.05, 0.1) is 0 Å². The highest BCUT2D eigenvalue weighted by atomic mass is 19.3. The fraction of sp³-hybridized carbons (Fsp3) is 0.529. The number of amides is 2. The van der Waals surface area contributed by atoms with Crippen LogP contribution in [0.3, 0.4) is 0 Å². The van der Waals surface area contributed by atoms with Crippen molar-refractivity contribution in [3.63, 3.8) is 0 Å². The van der Waals surface area contributed by atoms with Gasteiger partial charge in [0.25, 0.3) is 11.8 Å². The van der Waals surface area contributed by atoms with Crippen LogP contribution in [0.5, 0.6) is 0 Å². The molecule has 5 nitrogen and oxygen atoms in total. The molecule has 1 aliphatic rings. The minimum atomic E-state index is -3.87. The van der Waals surface area contributed by atoms with E-state index < -0.39 is 17.4 Å². The van der Waals surface area contributed by atoms with Crippen molar-refractivity contribution >= 4 is 17.5 Å². The number of nitrogens with zero attached hydrogens (tertiary/aromatic N) is 1. The van der Waals surface area contributed by atoms with Crippen molar-refractivity contribution in [2.24, 2.45) is 0 Å². The number of benzene rings is 1. The molecule has 0 bridgehead atoms. The van der Waals surface area contributed by atoms with Crippen LogP contribution >= 0.6 is 0 Å². The van der Waals surface area contributed by atoms with Crippen LogP contribution in [-0.4, -0.2) is 46.4 Å². The molecule has 2 amide bonds. The number of hydrogen-bond donors (Lipinski definition) is 2. The van der Waals surface area contributed by atoms with Crippen LogP contribution in [0, 0.1) is 0 Å². The maximum absolute atomic E-state index is 14.1. The van der Waals surface area contributed by atoms with Crippen molar-refractivity contribution in [1.82, 2.24) is 4.90 Å². The average molecular weight is 340 g/mol. The zero-order valence-electron chi connectivity index (χ0n) is 13.8. The number of halogens is 2. The number of nitrogens with one attached hydrogen (secondary N) is 1. The molecular formula is C17H22F2N2O3. The Morgan fingerprint density at radius 1 is 1.29 bits per heavy atom. The highest BCUT2D eigenvalue weighted by molar-refractivity contribution is 5.99. The number of aliphatic hydroxyl groups is 1. The van der Waals surface area contributed by atoms with E-state index in [1.54, 1.807) is 11.0 Å². The summed E-state index contributed by atoms with van der Waals surface area (Å²) in [6.45, 7) is 4.73. The van der Waals surface area contributed by atoms with E-state index in [0.29, 0.717) is 25.1 Å². The lowest BCUT2D eigenvalue weighted by Crippen LogP contribution is -2.59. The van der Waals surface area contributed by atoms with Crippen molar-refractivity contribution in [1.29, 1.82) is 0 Å². The van der Waals surface area contributed by atoms with Gasteiger partial charge in [-0.15, -0.1) is 0 Å². The Kier molecular flexibility index (Phi) is 5.22. The molecule has 1 aliphatic carbocycles. The number of rotatable bonds is 6. The van der Waals surface area contributed by atoms with Gasteiger partial charge in [0.2, 0.25) is 0 Å². The Hall–Kier alpha value is -2.02. The molecule has 0 unspecified atom stereocenters. The molecular weight excluding hydrogens is 318 g/mol. The van der Waals surface area contributed by atoms with Gasteiger partial charge in [0.15, 0.2) is 0 Å². The zero-order chi connectivity index (χ0) is 18.0. The second-order valence-corrected chi connectivity index (χ2v) is 5.97. The third-order valence-corrected chi connectivity index (χ3v) is 4.47. The highest BCUT2D eigenvalue weighted by Crippen LogP contribution is 2.44. The van der Waals surface area contributed by atoms with Crippen molar-refractivity contribution < 1.29 is 23.5 Å². The minimum absolute atomic E-state index is 0.0978. The molecule has 0 radical (unpaired) electrons. The molecule has 1 fully saturated rings. The second-order valence-electron chi connectivity index (χ2n) is 5.97. The summed E-state index contributed by atoms with van der Waals surface area (Å²) in [6.07, 6.45) is 0.259. The average Bonchev–Trinajstić information content (AvgIpc) is 2.53. The van der Waals surface area contributed by atoms with Gasteiger partial charge in [-0.05, 0) is 51.3 Å². The summed E-state index contributed by atoms with van der Waals surface area (Å²) in [5, 5.41) is 11.9. The fourth-order valence-corrected chi connectivity index (χ4v) is 2.67. The quantitative estimate of drug-likeness (QED) is 0.836. The van der Waals surface area contributed by atoms with E-state index >= 15 is 0 Å². The molecule has 1 saturated carbocycles. The van der Waals surface area contributed by atoms with E-state index in [9.17, 15) is 23.5 Å². The molecule has 0 atom stereocenters. The van der Waals surface area contributed by atoms with Crippen LogP contribution < -0.4 is 5.32 Å². The predicted octanol–water partition coefficient (Wildman–Crippen LogP) is 2.66. The van der Waals surface area contributed by atoms with Gasteiger partial charge in [0, 0.05) is 24.3 Å². The topological polar surface area (TPSA) is 69.6 Å². The second kappa shape index (κ2) is 6.84. The van der Waals surface area contributed by atoms with Gasteiger partial charge >= 0.3 is 5.92 Å². The Balaban J connectivity index is 2.15. The van der Waals surface area contributed by atoms with Crippen molar-refractivity contribution in [3.05, 3.63) is 29.8 Å². The van der Waals surface area contributed by atoms with Crippen molar-refractivity contribution in [3.8, 4) is 0 Å². The van der Waals surface area contributed by atoms with Crippen LogP contribution in [0.4, 0.5) is 14.5 Å². The van der Waals surface area contributed by atoms with E-state index in [0.717, 1.165) is 0 Å². The lowest BCUT2D eigenvalue weighted by molar-refractivity contribution is -0.212. The Labute approximate surface area is 139 Å². The summed E-state index contributed by atoms with van der Waals surface area (Å²) in [7, 11) is 0. The third kappa shape index (κ3) is 3.26. The monoisotopic (exact) mass is 340 g/mol. The first-order valence-electron chi connectivity index (χ1n) is 8.06. The van der Waals surface area contributed by atoms with Crippen molar-refractivity contribution in [2.45, 2.75) is 44.6 Å². The summed E-state index contributed by atoms with van der Waals surface area (Å²) in [5.74, 6) is -5.66. The summed E-state index contributed by atoms with van der Waals surface area (Å²) in [5.41, 5.74) is -1.87. The number of hydrogen-bond acceptors (Lipinski definition) is 3. The van der Waals surface area contributed by atoms with E-state index in [-0.39, 0.29) is 24.4 Å². The summed E-state index contributed by atoms with van der Waals surface area (Å²) in [4.78, 5) is 25.8. The lowest BCUT2D eigenvalue weighted by atomic mass is 9.75. The Morgan fingerprint density at radius 2 is 1.92 bits per heavy atom. The molecule has 0 saturated heterocycles. The van der Waals surface area contributed by atoms with Gasteiger partial charge in [-0.25, -0.2) is 0 Å². The number of carbonyl (C=O) groups excluding carboxylic acids is 2. The van der Waals surface area contributed by atoms with E-state index in [1.807, 2.05) is 13.8 Å². The maximum Gasteiger partial charge on any atom is 0.352 e. The van der Waals surface area contributed by atoms with Gasteiger partial charge in [-0.3, -0.25) is 9.59 Å². The molecule has 7 heteroatoms. The first kappa shape index (κ1) is 18.3. The van der Waals surface area contributed by atoms with Crippen LogP contribution in [0.1, 0.15) is 43.5 Å². The summed E-state index contributed by atoms with van der Waals surface area (Å²) < 4.78 is 28.2. The summed E-state index contributed by atoms with van der Waals surface area (Å²) in [6, 6.07) is 5.87. The van der Waals surface area contributed by atoms with E-state index in [4.69, 9.17) is 0 Å². The van der Waals surface area contributed by atoms with Crippen LogP contribution in [0.25, 0.3) is 0 Å². The predicted molar refractivity (Wildman–Crippen MR) is 86.1 cm³/mol. The third-order valence-electron chi connectivity index (χ3n) is 4.47. The maximum atomic E-state index is 14.1. The first-order valence-corrected chi connectivity index (χ1v) is 8.06. The SMILES string of the molecule is CCN(CC)C(=O)c1cccc(NC(=O)C(F)(F)C2(O)CCC2)c1. The van der Waals surface area contributed by atoms with E-state index in [1.165, 1.54) is 18.2 Å². The highest BCUT2D eigenvalue weighted by Gasteiger charge is 2.61. The van der Waals surface area contributed by atoms with Gasteiger partial charge in [-0.2, -0.15) is 8.78 Å². The smallest absolute Gasteiger partial charge is 0.352 e. The zero-order valence-corrected chi connectivity index (χ0v) is 13.8. The number of carbonyl (C=O) groups is 2. The largest absolute Gasteiger partial charge is 0.383 e. The Bertz CT molecular complexity index is 626. The van der Waals surface area contributed by atoms with Gasteiger partial charge in [-0.1, -0.05) is 6.07 Å². The Morgan fingerprint density at radius 3 is 2.42 bits per heavy atom. The van der Waals surface area contributed by atoms with Crippen LogP contribution in [-0.2, 0) is 4.79 Å². The molecule has 24 heavy (non-hydrogen) atoms. The standard InChI is InChI=1S/C17H22F2N2O3/c1-3-21(4-2)14(22)12-7-5-8-13(11-12)20-15(23)17(18,19)16(24)9-6-10-16/h5,7-8,11,24H,3-4,6,9-10H2,1-2H3,(H,20,23). The van der Waals surface area contributed by atoms with Crippen LogP contribution in [0.2, 0.25) is 0 Å².